The summed E-state index contributed by atoms with van der Waals surface area (Å²) in [4.78, 5) is 13.6. The molecule has 15 heavy (non-hydrogen) atoms. The molecule has 1 amide bonds. The van der Waals surface area contributed by atoms with Gasteiger partial charge in [0.25, 0.3) is 5.91 Å². The summed E-state index contributed by atoms with van der Waals surface area (Å²) in [5, 5.41) is 0. The third-order valence-corrected chi connectivity index (χ3v) is 2.79. The number of rotatable bonds is 4. The largest absolute Gasteiger partial charge is 0.342 e. The molecule has 1 aromatic rings. The van der Waals surface area contributed by atoms with Crippen molar-refractivity contribution < 1.29 is 4.79 Å². The van der Waals surface area contributed by atoms with Gasteiger partial charge in [0.05, 0.1) is 0 Å². The van der Waals surface area contributed by atoms with E-state index >= 15 is 0 Å². The van der Waals surface area contributed by atoms with Crippen LogP contribution in [0.2, 0.25) is 0 Å². The molecule has 1 rings (SSSR count). The number of hydrogen-bond donors (Lipinski definition) is 1. The van der Waals surface area contributed by atoms with Crippen molar-refractivity contribution in [2.24, 2.45) is 5.73 Å². The van der Waals surface area contributed by atoms with Gasteiger partial charge in [0, 0.05) is 22.7 Å². The van der Waals surface area contributed by atoms with Gasteiger partial charge in [0.15, 0.2) is 0 Å². The lowest BCUT2D eigenvalue weighted by molar-refractivity contribution is 0.0794. The molecule has 2 N–H and O–H groups in total. The Morgan fingerprint density at radius 3 is 2.87 bits per heavy atom. The zero-order valence-electron chi connectivity index (χ0n) is 8.74. The molecule has 0 atom stereocenters. The van der Waals surface area contributed by atoms with E-state index < -0.39 is 0 Å². The summed E-state index contributed by atoms with van der Waals surface area (Å²) in [7, 11) is 1.80. The minimum atomic E-state index is 0.0574. The zero-order chi connectivity index (χ0) is 11.3. The van der Waals surface area contributed by atoms with Gasteiger partial charge in [-0.1, -0.05) is 6.07 Å². The fraction of sp³-hybridized carbons (Fsp3) is 0.364. The lowest BCUT2D eigenvalue weighted by atomic mass is 10.2. The van der Waals surface area contributed by atoms with E-state index in [0.717, 1.165) is 15.6 Å². The van der Waals surface area contributed by atoms with Crippen molar-refractivity contribution in [2.45, 2.75) is 6.42 Å². The molecule has 0 aliphatic rings. The first-order chi connectivity index (χ1) is 7.15. The summed E-state index contributed by atoms with van der Waals surface area (Å²) in [6, 6.07) is 7.59. The molecule has 0 spiro atoms. The molecular weight excluding hydrogens is 303 g/mol. The molecular formula is C11H15IN2O. The number of amides is 1. The van der Waals surface area contributed by atoms with E-state index in [1.165, 1.54) is 0 Å². The first-order valence-corrected chi connectivity index (χ1v) is 5.94. The third kappa shape index (κ3) is 3.79. The summed E-state index contributed by atoms with van der Waals surface area (Å²) in [5.41, 5.74) is 6.14. The predicted molar refractivity (Wildman–Crippen MR) is 69.8 cm³/mol. The molecule has 0 aliphatic carbocycles. The number of nitrogens with two attached hydrogens (primary N) is 1. The highest BCUT2D eigenvalue weighted by Gasteiger charge is 2.10. The van der Waals surface area contributed by atoms with Crippen molar-refractivity contribution in [1.29, 1.82) is 0 Å². The molecule has 0 fully saturated rings. The topological polar surface area (TPSA) is 46.3 Å². The van der Waals surface area contributed by atoms with Gasteiger partial charge in [0.1, 0.15) is 0 Å². The van der Waals surface area contributed by atoms with Crippen molar-refractivity contribution in [1.82, 2.24) is 4.90 Å². The number of halogens is 1. The van der Waals surface area contributed by atoms with Crippen LogP contribution in [0.1, 0.15) is 16.8 Å². The molecule has 0 heterocycles. The maximum atomic E-state index is 11.9. The van der Waals surface area contributed by atoms with Crippen LogP contribution in [0.4, 0.5) is 0 Å². The standard InChI is InChI=1S/C11H15IN2O/c1-14(7-3-6-13)11(15)9-4-2-5-10(12)8-9/h2,4-5,8H,3,6-7,13H2,1H3. The number of benzene rings is 1. The first-order valence-electron chi connectivity index (χ1n) is 4.86. The second-order valence-corrected chi connectivity index (χ2v) is 4.62. The molecule has 0 aromatic heterocycles. The molecule has 0 radical (unpaired) electrons. The quantitative estimate of drug-likeness (QED) is 0.859. The second kappa shape index (κ2) is 6.07. The monoisotopic (exact) mass is 318 g/mol. The highest BCUT2D eigenvalue weighted by atomic mass is 127. The van der Waals surface area contributed by atoms with Gasteiger partial charge < -0.3 is 10.6 Å². The molecule has 3 nitrogen and oxygen atoms in total. The van der Waals surface area contributed by atoms with E-state index in [0.29, 0.717) is 13.1 Å². The number of carbonyl (C=O) groups excluding carboxylic acids is 1. The van der Waals surface area contributed by atoms with Crippen LogP contribution in [0.3, 0.4) is 0 Å². The summed E-state index contributed by atoms with van der Waals surface area (Å²) in [6.07, 6.45) is 0.839. The molecule has 0 saturated heterocycles. The summed E-state index contributed by atoms with van der Waals surface area (Å²) in [5.74, 6) is 0.0574. The Balaban J connectivity index is 2.67. The fourth-order valence-electron chi connectivity index (χ4n) is 1.27. The van der Waals surface area contributed by atoms with Crippen LogP contribution >= 0.6 is 22.6 Å². The summed E-state index contributed by atoms with van der Waals surface area (Å²) >= 11 is 2.20. The molecule has 0 saturated carbocycles. The van der Waals surface area contributed by atoms with Gasteiger partial charge in [-0.15, -0.1) is 0 Å². The smallest absolute Gasteiger partial charge is 0.253 e. The van der Waals surface area contributed by atoms with Gasteiger partial charge in [-0.05, 0) is 53.8 Å². The average Bonchev–Trinajstić information content (AvgIpc) is 2.24. The van der Waals surface area contributed by atoms with E-state index in [-0.39, 0.29) is 5.91 Å². The van der Waals surface area contributed by atoms with Gasteiger partial charge in [-0.2, -0.15) is 0 Å². The SMILES string of the molecule is CN(CCCN)C(=O)c1cccc(I)c1. The summed E-state index contributed by atoms with van der Waals surface area (Å²) < 4.78 is 1.07. The lowest BCUT2D eigenvalue weighted by Crippen LogP contribution is -2.28. The number of nitrogens with zero attached hydrogens (tertiary/aromatic N) is 1. The van der Waals surface area contributed by atoms with Crippen LogP contribution in [0.15, 0.2) is 24.3 Å². The van der Waals surface area contributed by atoms with Crippen molar-refractivity contribution in [3.05, 3.63) is 33.4 Å². The van der Waals surface area contributed by atoms with Gasteiger partial charge in [0.2, 0.25) is 0 Å². The Hall–Kier alpha value is -0.620. The maximum Gasteiger partial charge on any atom is 0.253 e. The molecule has 0 unspecified atom stereocenters. The zero-order valence-corrected chi connectivity index (χ0v) is 10.9. The van der Waals surface area contributed by atoms with Crippen molar-refractivity contribution in [2.75, 3.05) is 20.1 Å². The minimum absolute atomic E-state index is 0.0574. The van der Waals surface area contributed by atoms with Gasteiger partial charge >= 0.3 is 0 Å². The fourth-order valence-corrected chi connectivity index (χ4v) is 1.82. The first kappa shape index (κ1) is 12.4. The minimum Gasteiger partial charge on any atom is -0.342 e. The Morgan fingerprint density at radius 2 is 2.27 bits per heavy atom. The molecule has 1 aromatic carbocycles. The van der Waals surface area contributed by atoms with Crippen molar-refractivity contribution in [3.63, 3.8) is 0 Å². The van der Waals surface area contributed by atoms with Crippen LogP contribution < -0.4 is 5.73 Å². The van der Waals surface area contributed by atoms with E-state index in [4.69, 9.17) is 5.73 Å². The predicted octanol–water partition coefficient (Wildman–Crippen LogP) is 1.71. The van der Waals surface area contributed by atoms with E-state index in [9.17, 15) is 4.79 Å². The Kier molecular flexibility index (Phi) is 5.04. The Labute approximate surface area is 104 Å². The molecule has 0 bridgehead atoms. The van der Waals surface area contributed by atoms with Crippen LogP contribution in [-0.2, 0) is 0 Å². The van der Waals surface area contributed by atoms with Gasteiger partial charge in [-0.25, -0.2) is 0 Å². The van der Waals surface area contributed by atoms with E-state index in [1.807, 2.05) is 24.3 Å². The highest BCUT2D eigenvalue weighted by Crippen LogP contribution is 2.09. The normalized spacial score (nSPS) is 10.1. The average molecular weight is 318 g/mol. The van der Waals surface area contributed by atoms with Crippen LogP contribution in [0.5, 0.6) is 0 Å². The number of carbonyl (C=O) groups is 1. The molecule has 4 heteroatoms. The number of hydrogen-bond acceptors (Lipinski definition) is 2. The highest BCUT2D eigenvalue weighted by molar-refractivity contribution is 14.1. The summed E-state index contributed by atoms with van der Waals surface area (Å²) in [6.45, 7) is 1.32. The second-order valence-electron chi connectivity index (χ2n) is 3.38. The van der Waals surface area contributed by atoms with Gasteiger partial charge in [-0.3, -0.25) is 4.79 Å². The lowest BCUT2D eigenvalue weighted by Gasteiger charge is -2.16. The Bertz CT molecular complexity index is 341. The molecule has 82 valence electrons. The third-order valence-electron chi connectivity index (χ3n) is 2.12. The Morgan fingerprint density at radius 1 is 1.53 bits per heavy atom. The van der Waals surface area contributed by atoms with Crippen molar-refractivity contribution >= 4 is 28.5 Å². The van der Waals surface area contributed by atoms with Crippen molar-refractivity contribution in [3.8, 4) is 0 Å². The van der Waals surface area contributed by atoms with E-state index in [2.05, 4.69) is 22.6 Å². The van der Waals surface area contributed by atoms with Crippen LogP contribution in [0.25, 0.3) is 0 Å². The van der Waals surface area contributed by atoms with Crippen LogP contribution in [-0.4, -0.2) is 30.9 Å². The van der Waals surface area contributed by atoms with E-state index in [1.54, 1.807) is 11.9 Å². The maximum absolute atomic E-state index is 11.9. The molecule has 0 aliphatic heterocycles. The van der Waals surface area contributed by atoms with Crippen LogP contribution in [0, 0.1) is 3.57 Å².